The lowest BCUT2D eigenvalue weighted by molar-refractivity contribution is -0.347. The Morgan fingerprint density at radius 3 is 2.39 bits per heavy atom. The van der Waals surface area contributed by atoms with E-state index in [2.05, 4.69) is 43.5 Å². The van der Waals surface area contributed by atoms with Crippen LogP contribution in [0.4, 0.5) is 5.82 Å². The van der Waals surface area contributed by atoms with Gasteiger partial charge in [0.2, 0.25) is 11.8 Å². The van der Waals surface area contributed by atoms with Crippen LogP contribution in [0.1, 0.15) is 55.3 Å². The highest BCUT2D eigenvalue weighted by atomic mass is 32.2. The number of benzene rings is 2. The maximum absolute atomic E-state index is 12.9. The number of anilines is 1. The number of ether oxygens (including phenoxy) is 1. The third-order valence-electron chi connectivity index (χ3n) is 10.0. The van der Waals surface area contributed by atoms with Crippen LogP contribution in [0, 0.1) is 12.3 Å². The van der Waals surface area contributed by atoms with Crippen molar-refractivity contribution in [1.82, 2.24) is 30.2 Å². The second-order valence-corrected chi connectivity index (χ2v) is 21.0. The Morgan fingerprint density at radius 1 is 1.00 bits per heavy atom. The highest BCUT2D eigenvalue weighted by molar-refractivity contribution is 8.13. The van der Waals surface area contributed by atoms with Crippen LogP contribution in [0.5, 0.6) is 11.5 Å². The van der Waals surface area contributed by atoms with E-state index in [1.54, 1.807) is 25.1 Å². The first-order valence-corrected chi connectivity index (χ1v) is 25.4. The number of carbonyl (C=O) groups is 5. The molecule has 2 amide bonds. The fraction of sp³-hybridized carbons (Fsp3) is 0.459. The SMILES string of the molecule is Cc1cc2cccc(O)c2c(O)c1C(=O)CC(=O)CC(=O)SCCNC(=O)CCNC(=O)[C@@H](O)C(C)(C)COP(=O)([O-])OP(=O)([O-])OC[C@H]1O[C@@H](n2cnc3c(N)ncnc32)[C@H](O)[C@@H]1OP(=O)([O-])[O-]. The van der Waals surface area contributed by atoms with Crippen molar-refractivity contribution in [1.29, 1.82) is 0 Å². The van der Waals surface area contributed by atoms with E-state index in [1.807, 2.05) is 0 Å². The van der Waals surface area contributed by atoms with Gasteiger partial charge in [-0.05, 0) is 23.9 Å². The van der Waals surface area contributed by atoms with Crippen molar-refractivity contribution in [3.8, 4) is 11.5 Å². The molecule has 2 aromatic heterocycles. The summed E-state index contributed by atoms with van der Waals surface area (Å²) in [7, 11) is -17.8. The molecule has 8 N–H and O–H groups in total. The number of phosphoric ester groups is 3. The van der Waals surface area contributed by atoms with Gasteiger partial charge in [0.15, 0.2) is 28.6 Å². The molecule has 0 bridgehead atoms. The van der Waals surface area contributed by atoms with Crippen LogP contribution >= 0.6 is 35.2 Å². The van der Waals surface area contributed by atoms with E-state index in [1.165, 1.54) is 6.07 Å². The first-order valence-electron chi connectivity index (χ1n) is 20.1. The van der Waals surface area contributed by atoms with E-state index >= 15 is 0 Å². The zero-order valence-electron chi connectivity index (χ0n) is 36.4. The number of phenols is 2. The monoisotopic (exact) mass is 1050 g/mol. The van der Waals surface area contributed by atoms with Gasteiger partial charge < -0.3 is 79.2 Å². The zero-order chi connectivity index (χ0) is 51.2. The number of ketones is 2. The lowest BCUT2D eigenvalue weighted by Crippen LogP contribution is -2.46. The van der Waals surface area contributed by atoms with Gasteiger partial charge in [-0.1, -0.05) is 43.8 Å². The van der Waals surface area contributed by atoms with Crippen LogP contribution in [0.2, 0.25) is 0 Å². The maximum Gasteiger partial charge on any atom is 0.274 e. The predicted molar refractivity (Wildman–Crippen MR) is 229 cm³/mol. The molecule has 0 aliphatic carbocycles. The molecule has 5 rings (SSSR count). The molecule has 4 aromatic rings. The first kappa shape index (κ1) is 55.1. The number of hydrogen-bond donors (Lipinski definition) is 7. The Bertz CT molecular complexity index is 2760. The number of amides is 2. The highest BCUT2D eigenvalue weighted by Crippen LogP contribution is 2.56. The van der Waals surface area contributed by atoms with Crippen LogP contribution in [-0.4, -0.2) is 125 Å². The summed E-state index contributed by atoms with van der Waals surface area (Å²) in [6.45, 7) is 1.10. The van der Waals surface area contributed by atoms with E-state index in [9.17, 15) is 77.7 Å². The molecule has 0 saturated carbocycles. The van der Waals surface area contributed by atoms with Gasteiger partial charge in [-0.3, -0.25) is 37.7 Å². The average molecular weight is 1050 g/mol. The summed E-state index contributed by atoms with van der Waals surface area (Å²) in [5.41, 5.74) is 4.16. The van der Waals surface area contributed by atoms with Gasteiger partial charge in [-0.15, -0.1) is 0 Å². The van der Waals surface area contributed by atoms with Gasteiger partial charge in [0.1, 0.15) is 53.5 Å². The number of phenolic OH excluding ortho intramolecular Hbond substituents is 2. The molecule has 378 valence electrons. The highest BCUT2D eigenvalue weighted by Gasteiger charge is 2.47. The number of thioether (sulfide) groups is 1. The number of rotatable bonds is 24. The number of aliphatic hydroxyl groups excluding tert-OH is 2. The molecule has 0 radical (unpaired) electrons. The molecule has 1 aliphatic rings. The fourth-order valence-corrected chi connectivity index (χ4v) is 10.1. The van der Waals surface area contributed by atoms with Gasteiger partial charge in [-0.25, -0.2) is 19.3 Å². The number of aromatic hydroxyl groups is 2. The molecule has 32 heteroatoms. The van der Waals surface area contributed by atoms with Crippen molar-refractivity contribution in [2.75, 3.05) is 37.8 Å². The molecule has 69 heavy (non-hydrogen) atoms. The fourth-order valence-electron chi connectivity index (χ4n) is 6.72. The van der Waals surface area contributed by atoms with Crippen LogP contribution in [0.3, 0.4) is 0 Å². The number of nitrogens with zero attached hydrogens (tertiary/aromatic N) is 4. The third kappa shape index (κ3) is 14.6. The number of phosphoric acid groups is 3. The average Bonchev–Trinajstić information content (AvgIpc) is 3.80. The molecule has 2 aromatic carbocycles. The molecule has 7 atom stereocenters. The van der Waals surface area contributed by atoms with Crippen molar-refractivity contribution in [3.05, 3.63) is 48.0 Å². The Hall–Kier alpha value is -4.80. The minimum Gasteiger partial charge on any atom is -0.790 e. The quantitative estimate of drug-likeness (QED) is 0.0177. The predicted octanol–water partition coefficient (Wildman–Crippen LogP) is -1.76. The number of carbonyl (C=O) groups excluding carboxylic acids is 5. The number of aryl methyl sites for hydroxylation is 1. The van der Waals surface area contributed by atoms with Crippen LogP contribution in [0.25, 0.3) is 21.9 Å². The summed E-state index contributed by atoms with van der Waals surface area (Å²) in [6.07, 6.45) is -9.27. The summed E-state index contributed by atoms with van der Waals surface area (Å²) in [5.74, 6) is -3.98. The molecule has 1 fully saturated rings. The van der Waals surface area contributed by atoms with Gasteiger partial charge in [0.25, 0.3) is 15.6 Å². The standard InChI is InChI=1S/C37H48N7O21P3S/c1-18-11-19-5-4-6-21(46)27(19)29(50)26(18)22(47)12-20(45)13-25(49)69-10-9-39-24(48)7-8-40-35(53)32(52)37(2,3)15-62-68(59,60)65-67(57,58)61-14-23-31(64-66(54,55)56)30(51)36(63-23)44-17-43-28-33(38)41-16-42-34(28)44/h4-6,11,16-17,23,30-32,36,46,50-52H,7-10,12-15H2,1-3H3,(H,39,48)(H,40,53)(H,57,58)(H,59,60)(H2,38,41,42)(H2,54,55,56)/p-4/t23-,30-,31-,32-,36-/m1/s1. The Labute approximate surface area is 394 Å². The molecule has 1 aliphatic heterocycles. The smallest absolute Gasteiger partial charge is 0.274 e. The molecule has 2 unspecified atom stereocenters. The summed E-state index contributed by atoms with van der Waals surface area (Å²) in [6, 6.07) is 6.09. The number of fused-ring (bicyclic) bond motifs is 2. The zero-order valence-corrected chi connectivity index (χ0v) is 39.9. The lowest BCUT2D eigenvalue weighted by atomic mass is 9.87. The molecule has 0 spiro atoms. The van der Waals surface area contributed by atoms with Crippen molar-refractivity contribution >= 4 is 91.5 Å². The minimum atomic E-state index is -5.97. The van der Waals surface area contributed by atoms with Crippen LogP contribution in [-0.2, 0) is 55.5 Å². The summed E-state index contributed by atoms with van der Waals surface area (Å²) in [5, 5.41) is 46.9. The second kappa shape index (κ2) is 22.5. The Balaban J connectivity index is 1.00. The van der Waals surface area contributed by atoms with E-state index in [4.69, 9.17) is 10.5 Å². The Kier molecular flexibility index (Phi) is 18.0. The number of nitrogens with one attached hydrogen (secondary N) is 2. The molecular weight excluding hydrogens is 1000 g/mol. The van der Waals surface area contributed by atoms with E-state index in [0.717, 1.165) is 31.1 Å². The second-order valence-electron chi connectivity index (χ2n) is 15.8. The van der Waals surface area contributed by atoms with E-state index < -0.39 is 120 Å². The van der Waals surface area contributed by atoms with Crippen molar-refractivity contribution < 1.29 is 100 Å². The molecule has 1 saturated heterocycles. The topological polar surface area (TPSA) is 450 Å². The number of imidazole rings is 1. The first-order chi connectivity index (χ1) is 32.1. The normalized spacial score (nSPS) is 19.7. The van der Waals surface area contributed by atoms with Gasteiger partial charge in [-0.2, -0.15) is 0 Å². The van der Waals surface area contributed by atoms with E-state index in [-0.39, 0.29) is 58.9 Å². The molecule has 3 heterocycles. The number of Topliss-reactive ketones (excluding diaryl/α,β-unsaturated/α-hetero) is 2. The number of nitrogen functional groups attached to an aromatic ring is 1. The number of aliphatic hydroxyl groups is 2. The summed E-state index contributed by atoms with van der Waals surface area (Å²) >= 11 is 0.705. The minimum absolute atomic E-state index is 0.0221. The van der Waals surface area contributed by atoms with Gasteiger partial charge in [0, 0.05) is 30.7 Å². The molecular formula is C37H44N7O21P3S-4. The van der Waals surface area contributed by atoms with E-state index in [0.29, 0.717) is 22.7 Å². The van der Waals surface area contributed by atoms with Crippen molar-refractivity contribution in [2.24, 2.45) is 5.41 Å². The Morgan fingerprint density at radius 2 is 1.70 bits per heavy atom. The van der Waals surface area contributed by atoms with Crippen LogP contribution in [0.15, 0.2) is 36.9 Å². The number of nitrogens with two attached hydrogens (primary N) is 1. The summed E-state index contributed by atoms with van der Waals surface area (Å²) in [4.78, 5) is 122. The van der Waals surface area contributed by atoms with Gasteiger partial charge >= 0.3 is 0 Å². The third-order valence-corrected chi connectivity index (χ3v) is 13.9. The molecule has 28 nitrogen and oxygen atoms in total. The van der Waals surface area contributed by atoms with Gasteiger partial charge in [0.05, 0.1) is 51.2 Å². The lowest BCUT2D eigenvalue weighted by Gasteiger charge is -2.36. The van der Waals surface area contributed by atoms with Crippen LogP contribution < -0.4 is 35.9 Å². The summed E-state index contributed by atoms with van der Waals surface area (Å²) < 4.78 is 60.7. The maximum atomic E-state index is 12.9. The van der Waals surface area contributed by atoms with Crippen molar-refractivity contribution in [3.63, 3.8) is 0 Å². The largest absolute Gasteiger partial charge is 0.790 e. The number of aromatic nitrogens is 4. The number of hydrogen-bond acceptors (Lipinski definition) is 26. The van der Waals surface area contributed by atoms with Crippen molar-refractivity contribution in [2.45, 2.75) is 70.7 Å².